The first-order valence-corrected chi connectivity index (χ1v) is 11.2. The molecule has 3 N–H and O–H groups in total. The van der Waals surface area contributed by atoms with Crippen molar-refractivity contribution < 1.29 is 9.59 Å². The second kappa shape index (κ2) is 9.26. The number of hydrogen-bond acceptors (Lipinski definition) is 4. The van der Waals surface area contributed by atoms with E-state index in [1.165, 1.54) is 5.56 Å². The van der Waals surface area contributed by atoms with Crippen molar-refractivity contribution in [3.8, 4) is 0 Å². The van der Waals surface area contributed by atoms with E-state index in [0.29, 0.717) is 19.0 Å². The molecule has 0 aromatic heterocycles. The van der Waals surface area contributed by atoms with Crippen LogP contribution in [0.25, 0.3) is 0 Å². The average Bonchev–Trinajstić information content (AvgIpc) is 3.34. The van der Waals surface area contributed by atoms with E-state index in [1.54, 1.807) is 0 Å². The van der Waals surface area contributed by atoms with Gasteiger partial charge in [0, 0.05) is 25.0 Å². The number of amides is 2. The number of piperidine rings is 1. The Balaban J connectivity index is 1.18. The van der Waals surface area contributed by atoms with E-state index < -0.39 is 0 Å². The number of benzene rings is 1. The maximum absolute atomic E-state index is 12.5. The van der Waals surface area contributed by atoms with E-state index in [0.717, 1.165) is 64.7 Å². The number of nitrogens with zero attached hydrogens (tertiary/aromatic N) is 1. The summed E-state index contributed by atoms with van der Waals surface area (Å²) >= 11 is 0. The minimum absolute atomic E-state index is 0.0140. The topological polar surface area (TPSA) is 73.5 Å². The Kier molecular flexibility index (Phi) is 6.50. The SMILES string of the molecule is O=C(CN1CCCC(CNC(=O)C2CCCN2)C1)NCC1(c2ccccc2)CC1. The summed E-state index contributed by atoms with van der Waals surface area (Å²) in [6, 6.07) is 10.5. The lowest BCUT2D eigenvalue weighted by atomic mass is 9.96. The van der Waals surface area contributed by atoms with Crippen LogP contribution in [0.4, 0.5) is 0 Å². The summed E-state index contributed by atoms with van der Waals surface area (Å²) in [5.41, 5.74) is 1.49. The number of carbonyl (C=O) groups excluding carboxylic acids is 2. The van der Waals surface area contributed by atoms with E-state index in [1.807, 2.05) is 6.07 Å². The van der Waals surface area contributed by atoms with E-state index in [9.17, 15) is 9.59 Å². The second-order valence-electron chi connectivity index (χ2n) is 9.06. The molecule has 1 aliphatic carbocycles. The van der Waals surface area contributed by atoms with Gasteiger partial charge in [0.25, 0.3) is 0 Å². The molecule has 2 unspecified atom stereocenters. The van der Waals surface area contributed by atoms with Crippen LogP contribution in [-0.2, 0) is 15.0 Å². The van der Waals surface area contributed by atoms with Gasteiger partial charge in [0.2, 0.25) is 11.8 Å². The van der Waals surface area contributed by atoms with Gasteiger partial charge in [0.05, 0.1) is 12.6 Å². The van der Waals surface area contributed by atoms with Crippen LogP contribution in [-0.4, -0.2) is 62.0 Å². The minimum atomic E-state index is -0.0140. The number of carbonyl (C=O) groups is 2. The van der Waals surface area contributed by atoms with Gasteiger partial charge in [0.1, 0.15) is 0 Å². The summed E-state index contributed by atoms with van der Waals surface area (Å²) in [5, 5.41) is 9.53. The Hall–Kier alpha value is -1.92. The number of hydrogen-bond donors (Lipinski definition) is 3. The van der Waals surface area contributed by atoms with Gasteiger partial charge >= 0.3 is 0 Å². The highest BCUT2D eigenvalue weighted by molar-refractivity contribution is 5.82. The average molecular weight is 399 g/mol. The lowest BCUT2D eigenvalue weighted by Gasteiger charge is -2.32. The highest BCUT2D eigenvalue weighted by Crippen LogP contribution is 2.47. The summed E-state index contributed by atoms with van der Waals surface area (Å²) in [7, 11) is 0. The van der Waals surface area contributed by atoms with Crippen molar-refractivity contribution in [1.82, 2.24) is 20.9 Å². The van der Waals surface area contributed by atoms with Crippen LogP contribution in [0.5, 0.6) is 0 Å². The van der Waals surface area contributed by atoms with Gasteiger partial charge in [-0.1, -0.05) is 30.3 Å². The molecule has 6 nitrogen and oxygen atoms in total. The lowest BCUT2D eigenvalue weighted by Crippen LogP contribution is -2.47. The molecular formula is C23H34N4O2. The number of rotatable bonds is 8. The largest absolute Gasteiger partial charge is 0.354 e. The highest BCUT2D eigenvalue weighted by atomic mass is 16.2. The molecule has 0 radical (unpaired) electrons. The van der Waals surface area contributed by atoms with Crippen LogP contribution in [0.1, 0.15) is 44.1 Å². The molecule has 2 saturated heterocycles. The fraction of sp³-hybridized carbons (Fsp3) is 0.652. The third-order valence-corrected chi connectivity index (χ3v) is 6.78. The van der Waals surface area contributed by atoms with Crippen molar-refractivity contribution >= 4 is 11.8 Å². The molecule has 0 spiro atoms. The minimum Gasteiger partial charge on any atom is -0.354 e. The van der Waals surface area contributed by atoms with Crippen LogP contribution in [0.15, 0.2) is 30.3 Å². The maximum atomic E-state index is 12.5. The first-order valence-electron chi connectivity index (χ1n) is 11.2. The van der Waals surface area contributed by atoms with E-state index in [-0.39, 0.29) is 23.3 Å². The van der Waals surface area contributed by atoms with Crippen molar-refractivity contribution in [2.24, 2.45) is 5.92 Å². The Labute approximate surface area is 173 Å². The zero-order valence-electron chi connectivity index (χ0n) is 17.3. The second-order valence-corrected chi connectivity index (χ2v) is 9.06. The smallest absolute Gasteiger partial charge is 0.237 e. The van der Waals surface area contributed by atoms with Crippen molar-refractivity contribution in [1.29, 1.82) is 0 Å². The van der Waals surface area contributed by atoms with Crippen LogP contribution in [0.2, 0.25) is 0 Å². The summed E-state index contributed by atoms with van der Waals surface area (Å²) in [5.74, 6) is 0.682. The van der Waals surface area contributed by atoms with Gasteiger partial charge in [-0.2, -0.15) is 0 Å². The molecule has 2 aliphatic heterocycles. The Morgan fingerprint density at radius 2 is 1.93 bits per heavy atom. The molecule has 1 saturated carbocycles. The van der Waals surface area contributed by atoms with Gasteiger partial charge in [0.15, 0.2) is 0 Å². The lowest BCUT2D eigenvalue weighted by molar-refractivity contribution is -0.124. The normalized spacial score (nSPS) is 26.1. The molecule has 2 amide bonds. The van der Waals surface area contributed by atoms with E-state index >= 15 is 0 Å². The molecule has 3 aliphatic rings. The van der Waals surface area contributed by atoms with Gasteiger partial charge in [-0.15, -0.1) is 0 Å². The van der Waals surface area contributed by atoms with Crippen molar-refractivity contribution in [2.75, 3.05) is 39.3 Å². The molecule has 29 heavy (non-hydrogen) atoms. The Morgan fingerprint density at radius 3 is 2.66 bits per heavy atom. The van der Waals surface area contributed by atoms with E-state index in [4.69, 9.17) is 0 Å². The monoisotopic (exact) mass is 398 g/mol. The predicted molar refractivity (Wildman–Crippen MR) is 114 cm³/mol. The Bertz CT molecular complexity index is 698. The highest BCUT2D eigenvalue weighted by Gasteiger charge is 2.44. The molecule has 6 heteroatoms. The van der Waals surface area contributed by atoms with Gasteiger partial charge in [-0.05, 0) is 63.1 Å². The van der Waals surface area contributed by atoms with Crippen molar-refractivity contribution in [3.05, 3.63) is 35.9 Å². The number of nitrogens with one attached hydrogen (secondary N) is 3. The maximum Gasteiger partial charge on any atom is 0.237 e. The summed E-state index contributed by atoms with van der Waals surface area (Å²) in [4.78, 5) is 27.0. The number of likely N-dealkylation sites (tertiary alicyclic amines) is 1. The molecule has 2 heterocycles. The van der Waals surface area contributed by atoms with Gasteiger partial charge in [-0.25, -0.2) is 0 Å². The third kappa shape index (κ3) is 5.37. The molecule has 2 atom stereocenters. The van der Waals surface area contributed by atoms with Crippen LogP contribution < -0.4 is 16.0 Å². The molecule has 1 aromatic rings. The molecule has 4 rings (SSSR count). The fourth-order valence-electron chi connectivity index (χ4n) is 4.77. The van der Waals surface area contributed by atoms with Crippen LogP contribution >= 0.6 is 0 Å². The molecular weight excluding hydrogens is 364 g/mol. The zero-order valence-corrected chi connectivity index (χ0v) is 17.3. The zero-order chi connectivity index (χ0) is 20.1. The molecule has 158 valence electrons. The third-order valence-electron chi connectivity index (χ3n) is 6.78. The van der Waals surface area contributed by atoms with Crippen molar-refractivity contribution in [3.63, 3.8) is 0 Å². The Morgan fingerprint density at radius 1 is 1.10 bits per heavy atom. The van der Waals surface area contributed by atoms with Crippen LogP contribution in [0.3, 0.4) is 0 Å². The molecule has 1 aromatic carbocycles. The summed E-state index contributed by atoms with van der Waals surface area (Å²) in [6.07, 6.45) is 6.53. The van der Waals surface area contributed by atoms with E-state index in [2.05, 4.69) is 45.1 Å². The van der Waals surface area contributed by atoms with Crippen molar-refractivity contribution in [2.45, 2.75) is 50.0 Å². The quantitative estimate of drug-likeness (QED) is 0.619. The predicted octanol–water partition coefficient (Wildman–Crippen LogP) is 1.41. The first kappa shape index (κ1) is 20.4. The standard InChI is InChI=1S/C23H34N4O2/c28-21(26-17-23(10-11-23)19-7-2-1-3-8-19)16-27-13-5-6-18(15-27)14-25-22(29)20-9-4-12-24-20/h1-3,7-8,18,20,24H,4-6,9-17H2,(H,25,29)(H,26,28). The summed E-state index contributed by atoms with van der Waals surface area (Å²) < 4.78 is 0. The molecule has 3 fully saturated rings. The van der Waals surface area contributed by atoms with Crippen LogP contribution in [0, 0.1) is 5.92 Å². The van der Waals surface area contributed by atoms with Gasteiger partial charge in [-0.3, -0.25) is 14.5 Å². The molecule has 0 bridgehead atoms. The van der Waals surface area contributed by atoms with Gasteiger partial charge < -0.3 is 16.0 Å². The first-order chi connectivity index (χ1) is 14.1. The fourth-order valence-corrected chi connectivity index (χ4v) is 4.77. The summed E-state index contributed by atoms with van der Waals surface area (Å²) in [6.45, 7) is 4.70.